The molecule has 0 bridgehead atoms. The number of aromatic nitrogens is 1. The Morgan fingerprint density at radius 3 is 2.59 bits per heavy atom. The molecule has 22 heavy (non-hydrogen) atoms. The van der Waals surface area contributed by atoms with Gasteiger partial charge in [0.1, 0.15) is 6.04 Å². The number of H-pyrrole nitrogens is 1. The fourth-order valence-corrected chi connectivity index (χ4v) is 2.63. The number of aryl methyl sites for hydroxylation is 1. The van der Waals surface area contributed by atoms with Crippen molar-refractivity contribution in [2.45, 2.75) is 39.7 Å². The van der Waals surface area contributed by atoms with Gasteiger partial charge in [-0.1, -0.05) is 39.0 Å². The fraction of sp³-hybridized carbons (Fsp3) is 0.412. The lowest BCUT2D eigenvalue weighted by Crippen LogP contribution is -2.44. The first-order valence-corrected chi connectivity index (χ1v) is 7.54. The van der Waals surface area contributed by atoms with Crippen molar-refractivity contribution in [1.82, 2.24) is 10.3 Å². The highest BCUT2D eigenvalue weighted by atomic mass is 16.4. The first kappa shape index (κ1) is 16.1. The quantitative estimate of drug-likeness (QED) is 0.766. The van der Waals surface area contributed by atoms with Crippen LogP contribution in [0.5, 0.6) is 0 Å². The van der Waals surface area contributed by atoms with E-state index in [1.165, 1.54) is 5.56 Å². The Balaban J connectivity index is 2.17. The Morgan fingerprint density at radius 1 is 1.27 bits per heavy atom. The second kappa shape index (κ2) is 6.64. The Morgan fingerprint density at radius 2 is 2.00 bits per heavy atom. The van der Waals surface area contributed by atoms with Gasteiger partial charge in [-0.25, -0.2) is 4.79 Å². The number of nitrogens with one attached hydrogen (secondary N) is 2. The van der Waals surface area contributed by atoms with Crippen LogP contribution in [-0.4, -0.2) is 28.0 Å². The van der Waals surface area contributed by atoms with Gasteiger partial charge in [-0.05, 0) is 23.5 Å². The van der Waals surface area contributed by atoms with Crippen LogP contribution in [0, 0.1) is 5.92 Å². The predicted molar refractivity (Wildman–Crippen MR) is 85.8 cm³/mol. The lowest BCUT2D eigenvalue weighted by Gasteiger charge is -2.17. The number of fused-ring (bicyclic) bond motifs is 1. The summed E-state index contributed by atoms with van der Waals surface area (Å²) < 4.78 is 0. The van der Waals surface area contributed by atoms with Gasteiger partial charge in [0.25, 0.3) is 0 Å². The second-order valence-electron chi connectivity index (χ2n) is 5.81. The van der Waals surface area contributed by atoms with Crippen molar-refractivity contribution in [3.63, 3.8) is 0 Å². The standard InChI is InChI=1S/C17H22N2O3/c1-4-11-6-5-7-13-12(9-18-16(11)13)8-14(20)19-15(10(2)3)17(21)22/h5-7,9-10,15,18H,4,8H2,1-3H3,(H,19,20)(H,21,22). The molecule has 5 nitrogen and oxygen atoms in total. The maximum absolute atomic E-state index is 12.1. The van der Waals surface area contributed by atoms with E-state index in [1.807, 2.05) is 18.3 Å². The van der Waals surface area contributed by atoms with Crippen molar-refractivity contribution in [2.24, 2.45) is 5.92 Å². The zero-order valence-electron chi connectivity index (χ0n) is 13.1. The Kier molecular flexibility index (Phi) is 4.85. The number of aromatic amines is 1. The summed E-state index contributed by atoms with van der Waals surface area (Å²) in [4.78, 5) is 26.5. The molecule has 0 aliphatic heterocycles. The molecule has 1 unspecified atom stereocenters. The molecule has 1 heterocycles. The number of aliphatic carboxylic acids is 1. The van der Waals surface area contributed by atoms with Crippen LogP contribution in [0.2, 0.25) is 0 Å². The van der Waals surface area contributed by atoms with Crippen LogP contribution in [0.4, 0.5) is 0 Å². The molecule has 118 valence electrons. The van der Waals surface area contributed by atoms with Crippen LogP contribution in [0.3, 0.4) is 0 Å². The molecule has 2 aromatic rings. The molecule has 0 aliphatic carbocycles. The topological polar surface area (TPSA) is 82.2 Å². The molecule has 0 saturated carbocycles. The second-order valence-corrected chi connectivity index (χ2v) is 5.81. The molecule has 0 saturated heterocycles. The minimum Gasteiger partial charge on any atom is -0.480 e. The zero-order valence-corrected chi connectivity index (χ0v) is 13.1. The van der Waals surface area contributed by atoms with Crippen LogP contribution in [-0.2, 0) is 22.4 Å². The van der Waals surface area contributed by atoms with Crippen LogP contribution in [0.25, 0.3) is 10.9 Å². The highest BCUT2D eigenvalue weighted by Gasteiger charge is 2.23. The largest absolute Gasteiger partial charge is 0.480 e. The van der Waals surface area contributed by atoms with E-state index in [-0.39, 0.29) is 18.2 Å². The number of hydrogen-bond acceptors (Lipinski definition) is 2. The van der Waals surface area contributed by atoms with Crippen LogP contribution in [0.1, 0.15) is 31.9 Å². The van der Waals surface area contributed by atoms with Crippen molar-refractivity contribution in [3.8, 4) is 0 Å². The SMILES string of the molecule is CCc1cccc2c(CC(=O)NC(C(=O)O)C(C)C)c[nH]c12. The smallest absolute Gasteiger partial charge is 0.326 e. The molecule has 0 spiro atoms. The average Bonchev–Trinajstić information content (AvgIpc) is 2.87. The maximum atomic E-state index is 12.1. The number of para-hydroxylation sites is 1. The Hall–Kier alpha value is -2.30. The van der Waals surface area contributed by atoms with E-state index in [9.17, 15) is 9.59 Å². The molecule has 1 aromatic heterocycles. The van der Waals surface area contributed by atoms with Gasteiger partial charge in [-0.15, -0.1) is 0 Å². The third-order valence-electron chi connectivity index (χ3n) is 3.87. The molecule has 0 aliphatic rings. The number of carbonyl (C=O) groups excluding carboxylic acids is 1. The van der Waals surface area contributed by atoms with Gasteiger partial charge in [0.05, 0.1) is 6.42 Å². The summed E-state index contributed by atoms with van der Waals surface area (Å²) in [5.41, 5.74) is 3.14. The number of benzene rings is 1. The van der Waals surface area contributed by atoms with E-state index >= 15 is 0 Å². The van der Waals surface area contributed by atoms with Crippen LogP contribution < -0.4 is 5.32 Å². The zero-order chi connectivity index (χ0) is 16.3. The van der Waals surface area contributed by atoms with Crippen LogP contribution in [0.15, 0.2) is 24.4 Å². The van der Waals surface area contributed by atoms with Gasteiger partial charge in [0, 0.05) is 17.1 Å². The molecule has 1 aromatic carbocycles. The molecule has 5 heteroatoms. The summed E-state index contributed by atoms with van der Waals surface area (Å²) in [5, 5.41) is 12.8. The Bertz CT molecular complexity index is 688. The van der Waals surface area contributed by atoms with Crippen molar-refractivity contribution in [2.75, 3.05) is 0 Å². The summed E-state index contributed by atoms with van der Waals surface area (Å²) in [6.45, 7) is 5.64. The van der Waals surface area contributed by atoms with Gasteiger partial charge >= 0.3 is 5.97 Å². The van der Waals surface area contributed by atoms with E-state index in [2.05, 4.69) is 23.3 Å². The summed E-state index contributed by atoms with van der Waals surface area (Å²) in [6.07, 6.45) is 2.91. The molecule has 0 radical (unpaired) electrons. The maximum Gasteiger partial charge on any atom is 0.326 e. The minimum absolute atomic E-state index is 0.156. The van der Waals surface area contributed by atoms with E-state index in [0.29, 0.717) is 0 Å². The molecular weight excluding hydrogens is 280 g/mol. The number of carbonyl (C=O) groups is 2. The number of rotatable bonds is 6. The lowest BCUT2D eigenvalue weighted by molar-refractivity contribution is -0.143. The highest BCUT2D eigenvalue weighted by molar-refractivity contribution is 5.91. The molecule has 1 amide bonds. The first-order chi connectivity index (χ1) is 10.4. The third kappa shape index (κ3) is 3.30. The van der Waals surface area contributed by atoms with Gasteiger partial charge in [0.2, 0.25) is 5.91 Å². The average molecular weight is 302 g/mol. The lowest BCUT2D eigenvalue weighted by atomic mass is 10.0. The number of hydrogen-bond donors (Lipinski definition) is 3. The van der Waals surface area contributed by atoms with Crippen LogP contribution >= 0.6 is 0 Å². The molecule has 1 atom stereocenters. The summed E-state index contributed by atoms with van der Waals surface area (Å²) in [5.74, 6) is -1.43. The Labute approximate surface area is 129 Å². The van der Waals surface area contributed by atoms with Crippen molar-refractivity contribution >= 4 is 22.8 Å². The van der Waals surface area contributed by atoms with Gasteiger partial charge in [-0.2, -0.15) is 0 Å². The molecule has 0 fully saturated rings. The molecule has 3 N–H and O–H groups in total. The first-order valence-electron chi connectivity index (χ1n) is 7.54. The van der Waals surface area contributed by atoms with E-state index < -0.39 is 12.0 Å². The highest BCUT2D eigenvalue weighted by Crippen LogP contribution is 2.22. The van der Waals surface area contributed by atoms with Crippen molar-refractivity contribution in [1.29, 1.82) is 0 Å². The normalized spacial score (nSPS) is 12.5. The van der Waals surface area contributed by atoms with Gasteiger partial charge < -0.3 is 15.4 Å². The summed E-state index contributed by atoms with van der Waals surface area (Å²) in [6, 6.07) is 5.15. The number of carboxylic acid groups (broad SMARTS) is 1. The predicted octanol–water partition coefficient (Wildman–Crippen LogP) is 2.50. The molecular formula is C17H22N2O3. The fourth-order valence-electron chi connectivity index (χ4n) is 2.63. The molecule has 2 rings (SSSR count). The van der Waals surface area contributed by atoms with E-state index in [0.717, 1.165) is 22.9 Å². The summed E-state index contributed by atoms with van der Waals surface area (Å²) in [7, 11) is 0. The number of amides is 1. The van der Waals surface area contributed by atoms with Crippen molar-refractivity contribution < 1.29 is 14.7 Å². The van der Waals surface area contributed by atoms with E-state index in [1.54, 1.807) is 13.8 Å². The van der Waals surface area contributed by atoms with Gasteiger partial charge in [0.15, 0.2) is 0 Å². The van der Waals surface area contributed by atoms with E-state index in [4.69, 9.17) is 5.11 Å². The monoisotopic (exact) mass is 302 g/mol. The summed E-state index contributed by atoms with van der Waals surface area (Å²) >= 11 is 0. The van der Waals surface area contributed by atoms with Crippen molar-refractivity contribution in [3.05, 3.63) is 35.5 Å². The number of carboxylic acids is 1. The minimum atomic E-state index is -1.00. The van der Waals surface area contributed by atoms with Gasteiger partial charge in [-0.3, -0.25) is 4.79 Å². The third-order valence-corrected chi connectivity index (χ3v) is 3.87.